The van der Waals surface area contributed by atoms with Crippen molar-refractivity contribution in [1.82, 2.24) is 5.32 Å². The molecule has 1 aromatic carbocycles. The molecule has 0 radical (unpaired) electrons. The summed E-state index contributed by atoms with van der Waals surface area (Å²) < 4.78 is 38.4. The summed E-state index contributed by atoms with van der Waals surface area (Å²) in [5.41, 5.74) is -0.500. The van der Waals surface area contributed by atoms with Gasteiger partial charge in [0.25, 0.3) is 0 Å². The van der Waals surface area contributed by atoms with Crippen molar-refractivity contribution in [3.8, 4) is 0 Å². The van der Waals surface area contributed by atoms with Gasteiger partial charge >= 0.3 is 6.18 Å². The molecule has 17 heavy (non-hydrogen) atoms. The van der Waals surface area contributed by atoms with Crippen LogP contribution in [0, 0.1) is 0 Å². The molecule has 1 unspecified atom stereocenters. The Bertz CT molecular complexity index is 428. The molecule has 1 N–H and O–H groups in total. The fraction of sp³-hybridized carbons (Fsp3) is 0.417. The van der Waals surface area contributed by atoms with E-state index in [9.17, 15) is 18.0 Å². The zero-order valence-electron chi connectivity index (χ0n) is 9.05. The summed E-state index contributed by atoms with van der Waals surface area (Å²) in [5, 5.41) is 2.61. The van der Waals surface area contributed by atoms with Crippen LogP contribution in [0.15, 0.2) is 24.3 Å². The van der Waals surface area contributed by atoms with Gasteiger partial charge < -0.3 is 5.32 Å². The Balaban J connectivity index is 2.34. The minimum atomic E-state index is -4.38. The molecular weight excluding hydrogens is 231 g/mol. The van der Waals surface area contributed by atoms with E-state index >= 15 is 0 Å². The van der Waals surface area contributed by atoms with Gasteiger partial charge in [-0.1, -0.05) is 18.2 Å². The molecule has 0 aliphatic carbocycles. The minimum Gasteiger partial charge on any atom is -0.349 e. The zero-order chi connectivity index (χ0) is 12.5. The second-order valence-corrected chi connectivity index (χ2v) is 4.10. The molecule has 2 nitrogen and oxygen atoms in total. The Morgan fingerprint density at radius 2 is 1.94 bits per heavy atom. The fourth-order valence-electron chi connectivity index (χ4n) is 2.10. The number of piperidine rings is 1. The van der Waals surface area contributed by atoms with Crippen LogP contribution in [0.5, 0.6) is 0 Å². The summed E-state index contributed by atoms with van der Waals surface area (Å²) in [7, 11) is 0. The van der Waals surface area contributed by atoms with Crippen molar-refractivity contribution in [3.05, 3.63) is 35.4 Å². The Kier molecular flexibility index (Phi) is 3.09. The number of hydrogen-bond donors (Lipinski definition) is 1. The van der Waals surface area contributed by atoms with Gasteiger partial charge in [0.1, 0.15) is 0 Å². The Labute approximate surface area is 96.8 Å². The van der Waals surface area contributed by atoms with Crippen molar-refractivity contribution >= 4 is 5.91 Å². The lowest BCUT2D eigenvalue weighted by molar-refractivity contribution is -0.139. The lowest BCUT2D eigenvalue weighted by Crippen LogP contribution is -2.33. The second-order valence-electron chi connectivity index (χ2n) is 4.10. The van der Waals surface area contributed by atoms with Gasteiger partial charge in [0.15, 0.2) is 0 Å². The smallest absolute Gasteiger partial charge is 0.349 e. The van der Waals surface area contributed by atoms with Crippen LogP contribution in [0.3, 0.4) is 0 Å². The number of amides is 1. The average Bonchev–Trinajstić information content (AvgIpc) is 2.28. The van der Waals surface area contributed by atoms with Crippen LogP contribution >= 0.6 is 0 Å². The summed E-state index contributed by atoms with van der Waals surface area (Å²) in [6.07, 6.45) is -2.80. The van der Waals surface area contributed by atoms with Gasteiger partial charge in [-0.15, -0.1) is 0 Å². The summed E-state index contributed by atoms with van der Waals surface area (Å²) in [5.74, 6) is -0.182. The molecule has 1 aromatic rings. The van der Waals surface area contributed by atoms with E-state index in [-0.39, 0.29) is 11.5 Å². The lowest BCUT2D eigenvalue weighted by atomic mass is 9.93. The van der Waals surface area contributed by atoms with Crippen LogP contribution < -0.4 is 5.32 Å². The number of rotatable bonds is 1. The molecule has 2 rings (SSSR count). The van der Waals surface area contributed by atoms with E-state index in [1.165, 1.54) is 12.1 Å². The number of benzene rings is 1. The second kappa shape index (κ2) is 4.39. The third kappa shape index (κ3) is 2.60. The zero-order valence-corrected chi connectivity index (χ0v) is 9.05. The number of hydrogen-bond acceptors (Lipinski definition) is 1. The summed E-state index contributed by atoms with van der Waals surface area (Å²) in [4.78, 5) is 11.2. The van der Waals surface area contributed by atoms with Crippen molar-refractivity contribution in [2.75, 3.05) is 0 Å². The maximum Gasteiger partial charge on any atom is 0.416 e. The highest BCUT2D eigenvalue weighted by Crippen LogP contribution is 2.36. The first-order chi connectivity index (χ1) is 7.98. The first-order valence-corrected chi connectivity index (χ1v) is 5.44. The highest BCUT2D eigenvalue weighted by Gasteiger charge is 2.35. The molecule has 1 saturated heterocycles. The van der Waals surface area contributed by atoms with E-state index in [0.717, 1.165) is 6.07 Å². The topological polar surface area (TPSA) is 29.1 Å². The number of nitrogens with one attached hydrogen (secondary N) is 1. The summed E-state index contributed by atoms with van der Waals surface area (Å²) in [6.45, 7) is 0. The van der Waals surface area contributed by atoms with Crippen LogP contribution in [-0.4, -0.2) is 5.91 Å². The van der Waals surface area contributed by atoms with Crippen molar-refractivity contribution in [2.45, 2.75) is 31.5 Å². The largest absolute Gasteiger partial charge is 0.416 e. The third-order valence-electron chi connectivity index (χ3n) is 2.87. The molecule has 5 heteroatoms. The molecule has 1 atom stereocenters. The van der Waals surface area contributed by atoms with Gasteiger partial charge in [-0.25, -0.2) is 0 Å². The number of carbonyl (C=O) groups excluding carboxylic acids is 1. The first kappa shape index (κ1) is 12.0. The molecule has 0 spiro atoms. The highest BCUT2D eigenvalue weighted by atomic mass is 19.4. The van der Waals surface area contributed by atoms with Crippen LogP contribution in [0.25, 0.3) is 0 Å². The van der Waals surface area contributed by atoms with Gasteiger partial charge in [-0.05, 0) is 24.5 Å². The number of alkyl halides is 3. The molecular formula is C12H12F3NO. The molecule has 1 amide bonds. The lowest BCUT2D eigenvalue weighted by Gasteiger charge is -2.26. The van der Waals surface area contributed by atoms with Crippen LogP contribution in [0.1, 0.15) is 36.4 Å². The molecule has 92 valence electrons. The van der Waals surface area contributed by atoms with E-state index in [4.69, 9.17) is 0 Å². The highest BCUT2D eigenvalue weighted by molar-refractivity contribution is 5.77. The average molecular weight is 243 g/mol. The van der Waals surface area contributed by atoms with E-state index in [1.807, 2.05) is 0 Å². The van der Waals surface area contributed by atoms with Crippen molar-refractivity contribution < 1.29 is 18.0 Å². The van der Waals surface area contributed by atoms with Gasteiger partial charge in [0.2, 0.25) is 5.91 Å². The van der Waals surface area contributed by atoms with Gasteiger partial charge in [0, 0.05) is 6.42 Å². The number of halogens is 3. The standard InChI is InChI=1S/C12H12F3NO/c13-12(14,15)9-5-2-1-4-8(9)10-6-3-7-11(17)16-10/h1-2,4-5,10H,3,6-7H2,(H,16,17). The van der Waals surface area contributed by atoms with Crippen molar-refractivity contribution in [2.24, 2.45) is 0 Å². The first-order valence-electron chi connectivity index (χ1n) is 5.44. The molecule has 1 aliphatic rings. The molecule has 0 bridgehead atoms. The fourth-order valence-corrected chi connectivity index (χ4v) is 2.10. The SMILES string of the molecule is O=C1CCCC(c2ccccc2C(F)(F)F)N1. The summed E-state index contributed by atoms with van der Waals surface area (Å²) >= 11 is 0. The van der Waals surface area contributed by atoms with Crippen LogP contribution in [-0.2, 0) is 11.0 Å². The van der Waals surface area contributed by atoms with Gasteiger partial charge in [0.05, 0.1) is 11.6 Å². The van der Waals surface area contributed by atoms with Crippen LogP contribution in [0.4, 0.5) is 13.2 Å². The predicted molar refractivity (Wildman–Crippen MR) is 56.2 cm³/mol. The van der Waals surface area contributed by atoms with E-state index in [0.29, 0.717) is 19.3 Å². The molecule has 0 saturated carbocycles. The molecule has 1 aliphatic heterocycles. The molecule has 1 heterocycles. The van der Waals surface area contributed by atoms with E-state index in [1.54, 1.807) is 6.07 Å². The minimum absolute atomic E-state index is 0.160. The summed E-state index contributed by atoms with van der Waals surface area (Å²) in [6, 6.07) is 4.88. The quantitative estimate of drug-likeness (QED) is 0.807. The monoisotopic (exact) mass is 243 g/mol. The van der Waals surface area contributed by atoms with Crippen molar-refractivity contribution in [1.29, 1.82) is 0 Å². The van der Waals surface area contributed by atoms with Gasteiger partial charge in [-0.3, -0.25) is 4.79 Å². The van der Waals surface area contributed by atoms with Crippen molar-refractivity contribution in [3.63, 3.8) is 0 Å². The third-order valence-corrected chi connectivity index (χ3v) is 2.87. The molecule has 1 fully saturated rings. The Morgan fingerprint density at radius 1 is 1.24 bits per heavy atom. The Hall–Kier alpha value is -1.52. The molecule has 0 aromatic heterocycles. The predicted octanol–water partition coefficient (Wildman–Crippen LogP) is 3.05. The normalized spacial score (nSPS) is 21.1. The maximum absolute atomic E-state index is 12.8. The maximum atomic E-state index is 12.8. The van der Waals surface area contributed by atoms with E-state index < -0.39 is 17.8 Å². The Morgan fingerprint density at radius 3 is 2.59 bits per heavy atom. The van der Waals surface area contributed by atoms with E-state index in [2.05, 4.69) is 5.32 Å². The number of carbonyl (C=O) groups is 1. The van der Waals surface area contributed by atoms with Crippen LogP contribution in [0.2, 0.25) is 0 Å². The van der Waals surface area contributed by atoms with Gasteiger partial charge in [-0.2, -0.15) is 13.2 Å².